The highest BCUT2D eigenvalue weighted by Crippen LogP contribution is 2.20. The van der Waals surface area contributed by atoms with E-state index in [0.717, 1.165) is 0 Å². The van der Waals surface area contributed by atoms with E-state index < -0.39 is 36.1 Å². The molecule has 0 aliphatic rings. The molecule has 0 aliphatic carbocycles. The topological polar surface area (TPSA) is 109 Å². The third-order valence-corrected chi connectivity index (χ3v) is 3.59. The van der Waals surface area contributed by atoms with Crippen molar-refractivity contribution in [3.05, 3.63) is 42.0 Å². The lowest BCUT2D eigenvalue weighted by molar-refractivity contribution is -0.123. The first kappa shape index (κ1) is 19.6. The molecule has 0 radical (unpaired) electrons. The van der Waals surface area contributed by atoms with E-state index in [1.807, 2.05) is 6.07 Å². The van der Waals surface area contributed by atoms with E-state index in [9.17, 15) is 18.4 Å². The largest absolute Gasteiger partial charge is 0.667 e. The highest BCUT2D eigenvalue weighted by atomic mass is 19.3. The molecule has 9 heteroatoms. The van der Waals surface area contributed by atoms with E-state index in [2.05, 4.69) is 15.5 Å². The molecule has 1 aromatic carbocycles. The van der Waals surface area contributed by atoms with Gasteiger partial charge < -0.3 is 15.6 Å². The van der Waals surface area contributed by atoms with Crippen LogP contribution >= 0.6 is 0 Å². The second kappa shape index (κ2) is 8.13. The second-order valence-corrected chi connectivity index (χ2v) is 5.95. The maximum absolute atomic E-state index is 12.9. The monoisotopic (exact) mass is 365 g/mol. The maximum Gasteiger partial charge on any atom is 0.296 e. The van der Waals surface area contributed by atoms with E-state index in [0.29, 0.717) is 12.5 Å². The summed E-state index contributed by atoms with van der Waals surface area (Å²) in [6.07, 6.45) is -0.745. The fraction of sp³-hybridized carbons (Fsp3) is 0.412. The Morgan fingerprint density at radius 3 is 2.54 bits per heavy atom. The summed E-state index contributed by atoms with van der Waals surface area (Å²) < 4.78 is 30.8. The van der Waals surface area contributed by atoms with Crippen molar-refractivity contribution >= 4 is 11.7 Å². The fourth-order valence-corrected chi connectivity index (χ4v) is 2.25. The molecule has 1 aromatic heterocycles. The average Bonchev–Trinajstić information content (AvgIpc) is 3.08. The number of carbonyl (C=O) groups excluding carboxylic acids is 2. The molecule has 0 aliphatic heterocycles. The summed E-state index contributed by atoms with van der Waals surface area (Å²) in [5.41, 5.74) is 8.17. The zero-order chi connectivity index (χ0) is 19.3. The summed E-state index contributed by atoms with van der Waals surface area (Å²) in [4.78, 5) is 28.4. The van der Waals surface area contributed by atoms with Crippen molar-refractivity contribution in [1.82, 2.24) is 15.5 Å². The Kier molecular flexibility index (Phi) is 6.14. The van der Waals surface area contributed by atoms with Crippen molar-refractivity contribution in [2.24, 2.45) is 0 Å². The lowest BCUT2D eigenvalue weighted by Gasteiger charge is -2.25. The summed E-state index contributed by atoms with van der Waals surface area (Å²) in [5.74, 6) is -4.80. The number of aromatic nitrogens is 2. The number of rotatable bonds is 8. The molecule has 140 valence electrons. The minimum absolute atomic E-state index is 0.183. The van der Waals surface area contributed by atoms with Crippen LogP contribution in [-0.4, -0.2) is 39.8 Å². The first-order valence-electron chi connectivity index (χ1n) is 8.04. The normalized spacial score (nSPS) is 13.9. The zero-order valence-electron chi connectivity index (χ0n) is 14.3. The van der Waals surface area contributed by atoms with Crippen molar-refractivity contribution in [2.45, 2.75) is 44.7 Å². The molecular formula is C17H19F2N4O3-. The van der Waals surface area contributed by atoms with E-state index in [1.165, 1.54) is 0 Å². The number of benzene rings is 1. The molecule has 2 aromatic rings. The Hall–Kier alpha value is -2.68. The number of nitrogens with zero attached hydrogens (tertiary/aromatic N) is 2. The number of halogens is 2. The minimum atomic E-state index is -3.15. The van der Waals surface area contributed by atoms with Crippen LogP contribution in [0.5, 0.6) is 0 Å². The first-order chi connectivity index (χ1) is 12.2. The van der Waals surface area contributed by atoms with Gasteiger partial charge in [0.2, 0.25) is 23.4 Å². The Morgan fingerprint density at radius 2 is 1.96 bits per heavy atom. The standard InChI is InChI=1S/C17H19F2N4O3/c1-3-12(21-15(25)11(20)9-17(2,18)19)13(24)16-22-14(23-26-16)10-7-5-4-6-8-10/h4-8,11-12,20H,3,9H2,1-2H3,(H,21,25)/q-1/t11-,12-/m0/s1. The van der Waals surface area contributed by atoms with Gasteiger partial charge in [0, 0.05) is 12.0 Å². The summed E-state index contributed by atoms with van der Waals surface area (Å²) in [6, 6.07) is 6.14. The number of alkyl halides is 2. The Balaban J connectivity index is 2.07. The molecular weight excluding hydrogens is 346 g/mol. The molecule has 0 saturated carbocycles. The summed E-state index contributed by atoms with van der Waals surface area (Å²) in [5, 5.41) is 6.03. The van der Waals surface area contributed by atoms with Gasteiger partial charge >= 0.3 is 0 Å². The Bertz CT molecular complexity index is 759. The molecule has 7 nitrogen and oxygen atoms in total. The van der Waals surface area contributed by atoms with Crippen LogP contribution in [0.25, 0.3) is 17.1 Å². The minimum Gasteiger partial charge on any atom is -0.667 e. The van der Waals surface area contributed by atoms with Gasteiger partial charge in [-0.3, -0.25) is 9.59 Å². The number of hydrogen-bond acceptors (Lipinski definition) is 5. The van der Waals surface area contributed by atoms with Gasteiger partial charge in [0.1, 0.15) is 0 Å². The van der Waals surface area contributed by atoms with Gasteiger partial charge in [0.05, 0.1) is 6.04 Å². The SMILES string of the molecule is CC[C@H](NC(=O)[C@@H]([NH-])CC(C)(F)F)C(=O)c1nc(-c2ccccc2)no1. The quantitative estimate of drug-likeness (QED) is 0.722. The van der Waals surface area contributed by atoms with Gasteiger partial charge in [-0.2, -0.15) is 4.98 Å². The van der Waals surface area contributed by atoms with Crippen LogP contribution in [-0.2, 0) is 4.79 Å². The molecule has 2 rings (SSSR count). The van der Waals surface area contributed by atoms with Crippen LogP contribution in [0.4, 0.5) is 8.78 Å². The lowest BCUT2D eigenvalue weighted by Crippen LogP contribution is -2.45. The number of ketones is 1. The molecule has 26 heavy (non-hydrogen) atoms. The average molecular weight is 365 g/mol. The third-order valence-electron chi connectivity index (χ3n) is 3.59. The molecule has 0 spiro atoms. The predicted octanol–water partition coefficient (Wildman–Crippen LogP) is 3.28. The van der Waals surface area contributed by atoms with Crippen molar-refractivity contribution in [2.75, 3.05) is 0 Å². The highest BCUT2D eigenvalue weighted by Gasteiger charge is 2.29. The molecule has 2 N–H and O–H groups in total. The van der Waals surface area contributed by atoms with Crippen molar-refractivity contribution in [3.63, 3.8) is 0 Å². The summed E-state index contributed by atoms with van der Waals surface area (Å²) in [7, 11) is 0. The second-order valence-electron chi connectivity index (χ2n) is 5.95. The van der Waals surface area contributed by atoms with Crippen molar-refractivity contribution < 1.29 is 22.9 Å². The number of Topliss-reactive ketones (excluding diaryl/α,β-unsaturated/α-hetero) is 1. The number of carbonyl (C=O) groups is 2. The fourth-order valence-electron chi connectivity index (χ4n) is 2.25. The molecule has 0 saturated heterocycles. The summed E-state index contributed by atoms with van der Waals surface area (Å²) >= 11 is 0. The molecule has 1 amide bonds. The van der Waals surface area contributed by atoms with Gasteiger partial charge in [-0.05, 0) is 13.3 Å². The molecule has 0 bridgehead atoms. The van der Waals surface area contributed by atoms with Crippen molar-refractivity contribution in [1.29, 1.82) is 0 Å². The van der Waals surface area contributed by atoms with E-state index in [-0.39, 0.29) is 18.1 Å². The van der Waals surface area contributed by atoms with Crippen LogP contribution in [0.15, 0.2) is 34.9 Å². The summed E-state index contributed by atoms with van der Waals surface area (Å²) in [6.45, 7) is 2.26. The molecule has 1 heterocycles. The zero-order valence-corrected chi connectivity index (χ0v) is 14.3. The number of nitrogens with one attached hydrogen (secondary N) is 2. The van der Waals surface area contributed by atoms with Gasteiger partial charge in [-0.25, -0.2) is 8.78 Å². The highest BCUT2D eigenvalue weighted by molar-refractivity contribution is 5.99. The number of hydrogen-bond donors (Lipinski definition) is 1. The number of amides is 1. The van der Waals surface area contributed by atoms with Crippen LogP contribution in [0, 0.1) is 0 Å². The van der Waals surface area contributed by atoms with E-state index in [1.54, 1.807) is 31.2 Å². The molecule has 0 fully saturated rings. The van der Waals surface area contributed by atoms with Gasteiger partial charge in [-0.15, -0.1) is 0 Å². The van der Waals surface area contributed by atoms with Crippen LogP contribution in [0.3, 0.4) is 0 Å². The van der Waals surface area contributed by atoms with Gasteiger partial charge in [0.25, 0.3) is 5.89 Å². The predicted molar refractivity (Wildman–Crippen MR) is 89.6 cm³/mol. The van der Waals surface area contributed by atoms with E-state index in [4.69, 9.17) is 10.3 Å². The van der Waals surface area contributed by atoms with E-state index >= 15 is 0 Å². The maximum atomic E-state index is 12.9. The smallest absolute Gasteiger partial charge is 0.296 e. The lowest BCUT2D eigenvalue weighted by atomic mass is 10.1. The molecule has 2 atom stereocenters. The third kappa shape index (κ3) is 5.16. The van der Waals surface area contributed by atoms with Crippen LogP contribution in [0.2, 0.25) is 0 Å². The first-order valence-corrected chi connectivity index (χ1v) is 8.04. The van der Waals surface area contributed by atoms with Crippen LogP contribution in [0.1, 0.15) is 37.4 Å². The van der Waals surface area contributed by atoms with Crippen molar-refractivity contribution in [3.8, 4) is 11.4 Å². The van der Waals surface area contributed by atoms with Crippen LogP contribution < -0.4 is 5.32 Å². The Morgan fingerprint density at radius 1 is 1.31 bits per heavy atom. The van der Waals surface area contributed by atoms with Gasteiger partial charge in [0.15, 0.2) is 0 Å². The molecule has 0 unspecified atom stereocenters. The Labute approximate surface area is 149 Å². The van der Waals surface area contributed by atoms with Gasteiger partial charge in [-0.1, -0.05) is 48.5 Å².